The molecule has 0 radical (unpaired) electrons. The highest BCUT2D eigenvalue weighted by Gasteiger charge is 2.32. The van der Waals surface area contributed by atoms with Crippen molar-refractivity contribution in [2.75, 3.05) is 38.9 Å². The maximum atomic E-state index is 9.95. The molecule has 0 unspecified atom stereocenters. The molecule has 124 valence electrons. The van der Waals surface area contributed by atoms with Gasteiger partial charge in [-0.2, -0.15) is 0 Å². The Labute approximate surface area is 126 Å². The molecule has 0 aliphatic heterocycles. The van der Waals surface area contributed by atoms with Gasteiger partial charge < -0.3 is 13.9 Å². The molecule has 0 aliphatic rings. The average molecular weight is 328 g/mol. The first kappa shape index (κ1) is 22.8. The molecule has 0 saturated carbocycles. The van der Waals surface area contributed by atoms with Crippen LogP contribution in [0.4, 0.5) is 0 Å². The van der Waals surface area contributed by atoms with E-state index in [1.807, 2.05) is 0 Å². The summed E-state index contributed by atoms with van der Waals surface area (Å²) in [6, 6.07) is 0. The van der Waals surface area contributed by atoms with Crippen LogP contribution in [0, 0.1) is 0 Å². The standard InChI is InChI=1S/C12H28P.C2H7O4P/c1-5-9-13(10-6-2,11-7-3)12-8-4;1-5-7(3,4)6-2/h5-12H2,1-4H3;1-2H3,(H,3,4)/q+1;/p-1. The van der Waals surface area contributed by atoms with Crippen molar-refractivity contribution in [1.29, 1.82) is 0 Å². The molecule has 0 fully saturated rings. The molecule has 0 aromatic rings. The highest BCUT2D eigenvalue weighted by Crippen LogP contribution is 2.60. The summed E-state index contributed by atoms with van der Waals surface area (Å²) in [5.74, 6) is 0. The summed E-state index contributed by atoms with van der Waals surface area (Å²) >= 11 is 0. The van der Waals surface area contributed by atoms with Gasteiger partial charge in [0.1, 0.15) is 0 Å². The molecule has 0 amide bonds. The van der Waals surface area contributed by atoms with Crippen LogP contribution in [-0.4, -0.2) is 38.9 Å². The monoisotopic (exact) mass is 328 g/mol. The second-order valence-corrected chi connectivity index (χ2v) is 11.1. The Hall–Kier alpha value is 0.540. The quantitative estimate of drug-likeness (QED) is 0.558. The van der Waals surface area contributed by atoms with Gasteiger partial charge in [-0.3, -0.25) is 4.57 Å². The Balaban J connectivity index is 0. The van der Waals surface area contributed by atoms with E-state index in [-0.39, 0.29) is 0 Å². The summed E-state index contributed by atoms with van der Waals surface area (Å²) in [7, 11) is -2.32. The van der Waals surface area contributed by atoms with E-state index in [9.17, 15) is 9.46 Å². The Bertz CT molecular complexity index is 222. The predicted octanol–water partition coefficient (Wildman–Crippen LogP) is 4.39. The fourth-order valence-corrected chi connectivity index (χ4v) is 7.93. The minimum Gasteiger partial charge on any atom is -0.756 e. The van der Waals surface area contributed by atoms with Gasteiger partial charge in [0.15, 0.2) is 0 Å². The first-order valence-corrected chi connectivity index (χ1v) is 11.6. The molecular formula is C14H34O4P2. The molecule has 0 atom stereocenters. The van der Waals surface area contributed by atoms with Crippen molar-refractivity contribution in [3.63, 3.8) is 0 Å². The zero-order chi connectivity index (χ0) is 16.1. The van der Waals surface area contributed by atoms with Gasteiger partial charge in [-0.05, 0) is 25.7 Å². The van der Waals surface area contributed by atoms with E-state index in [1.165, 1.54) is 25.7 Å². The van der Waals surface area contributed by atoms with Crippen LogP contribution in [-0.2, 0) is 13.6 Å². The normalized spacial score (nSPS) is 11.9. The number of phosphoric acid groups is 1. The van der Waals surface area contributed by atoms with E-state index >= 15 is 0 Å². The van der Waals surface area contributed by atoms with Crippen molar-refractivity contribution in [3.8, 4) is 0 Å². The van der Waals surface area contributed by atoms with E-state index in [4.69, 9.17) is 0 Å². The third kappa shape index (κ3) is 11.2. The van der Waals surface area contributed by atoms with Gasteiger partial charge in [-0.25, -0.2) is 0 Å². The van der Waals surface area contributed by atoms with E-state index in [0.29, 0.717) is 0 Å². The molecule has 0 heterocycles. The fraction of sp³-hybridized carbons (Fsp3) is 1.00. The zero-order valence-electron chi connectivity index (χ0n) is 14.2. The smallest absolute Gasteiger partial charge is 0.267 e. The van der Waals surface area contributed by atoms with Crippen molar-refractivity contribution in [1.82, 2.24) is 0 Å². The lowest BCUT2D eigenvalue weighted by molar-refractivity contribution is -0.220. The largest absolute Gasteiger partial charge is 0.756 e. The predicted molar refractivity (Wildman–Crippen MR) is 89.2 cm³/mol. The van der Waals surface area contributed by atoms with Crippen molar-refractivity contribution >= 4 is 15.1 Å². The van der Waals surface area contributed by atoms with Gasteiger partial charge in [0, 0.05) is 21.5 Å². The summed E-state index contributed by atoms with van der Waals surface area (Å²) in [5.41, 5.74) is 0. The summed E-state index contributed by atoms with van der Waals surface area (Å²) in [5, 5.41) is 0. The van der Waals surface area contributed by atoms with Crippen molar-refractivity contribution in [2.45, 2.75) is 53.4 Å². The summed E-state index contributed by atoms with van der Waals surface area (Å²) < 4.78 is 17.7. The first-order chi connectivity index (χ1) is 9.36. The Morgan fingerprint density at radius 3 is 1.15 bits per heavy atom. The molecule has 0 aliphatic carbocycles. The third-order valence-electron chi connectivity index (χ3n) is 3.24. The van der Waals surface area contributed by atoms with Crippen LogP contribution in [0.25, 0.3) is 0 Å². The molecule has 0 aromatic heterocycles. The van der Waals surface area contributed by atoms with E-state index in [0.717, 1.165) is 14.2 Å². The Kier molecular flexibility index (Phi) is 15.1. The topological polar surface area (TPSA) is 58.6 Å². The van der Waals surface area contributed by atoms with Crippen LogP contribution < -0.4 is 4.89 Å². The molecule has 0 spiro atoms. The Morgan fingerprint density at radius 2 is 1.05 bits per heavy atom. The number of rotatable bonds is 10. The highest BCUT2D eigenvalue weighted by atomic mass is 31.2. The van der Waals surface area contributed by atoms with E-state index in [1.54, 1.807) is 24.6 Å². The van der Waals surface area contributed by atoms with Crippen LogP contribution in [0.5, 0.6) is 0 Å². The van der Waals surface area contributed by atoms with Gasteiger partial charge in [-0.15, -0.1) is 0 Å². The number of hydrogen-bond donors (Lipinski definition) is 0. The number of phosphoric ester groups is 1. The molecule has 0 aromatic carbocycles. The molecule has 6 heteroatoms. The summed E-state index contributed by atoms with van der Waals surface area (Å²) in [6.07, 6.45) is 11.9. The molecule has 0 saturated heterocycles. The second kappa shape index (κ2) is 13.2. The van der Waals surface area contributed by atoms with Gasteiger partial charge >= 0.3 is 0 Å². The number of hydrogen-bond acceptors (Lipinski definition) is 4. The minimum atomic E-state index is -3.90. The highest BCUT2D eigenvalue weighted by molar-refractivity contribution is 7.75. The van der Waals surface area contributed by atoms with Crippen LogP contribution >= 0.6 is 15.1 Å². The lowest BCUT2D eigenvalue weighted by Crippen LogP contribution is -2.10. The maximum Gasteiger partial charge on any atom is 0.267 e. The lowest BCUT2D eigenvalue weighted by atomic mass is 10.5. The molecule has 20 heavy (non-hydrogen) atoms. The van der Waals surface area contributed by atoms with Crippen molar-refractivity contribution in [2.24, 2.45) is 0 Å². The summed E-state index contributed by atoms with van der Waals surface area (Å²) in [6.45, 7) is 9.43. The molecule has 0 N–H and O–H groups in total. The average Bonchev–Trinajstić information content (AvgIpc) is 2.41. The molecule has 4 nitrogen and oxygen atoms in total. The van der Waals surface area contributed by atoms with Crippen molar-refractivity contribution in [3.05, 3.63) is 0 Å². The van der Waals surface area contributed by atoms with Crippen LogP contribution in [0.15, 0.2) is 0 Å². The van der Waals surface area contributed by atoms with Crippen LogP contribution in [0.2, 0.25) is 0 Å². The maximum absolute atomic E-state index is 9.95. The van der Waals surface area contributed by atoms with Gasteiger partial charge in [0.25, 0.3) is 7.82 Å². The van der Waals surface area contributed by atoms with Crippen molar-refractivity contribution < 1.29 is 18.5 Å². The van der Waals surface area contributed by atoms with Gasteiger partial charge in [0.2, 0.25) is 0 Å². The lowest BCUT2D eigenvalue weighted by Gasteiger charge is -2.26. The fourth-order valence-electron chi connectivity index (χ4n) is 2.64. The first-order valence-electron chi connectivity index (χ1n) is 7.64. The molecule has 0 rings (SSSR count). The SMILES string of the molecule is CCC[P+](CCC)(CCC)CCC.COP(=O)([O-])OC. The zero-order valence-corrected chi connectivity index (χ0v) is 16.0. The third-order valence-corrected chi connectivity index (χ3v) is 9.72. The Morgan fingerprint density at radius 1 is 0.800 bits per heavy atom. The van der Waals surface area contributed by atoms with E-state index < -0.39 is 15.1 Å². The van der Waals surface area contributed by atoms with Crippen LogP contribution in [0.1, 0.15) is 53.4 Å². The second-order valence-electron chi connectivity index (χ2n) is 5.05. The van der Waals surface area contributed by atoms with Crippen LogP contribution in [0.3, 0.4) is 0 Å². The summed E-state index contributed by atoms with van der Waals surface area (Å²) in [4.78, 5) is 9.95. The minimum absolute atomic E-state index is 0.496. The van der Waals surface area contributed by atoms with Gasteiger partial charge in [0.05, 0.1) is 24.6 Å². The molecule has 0 bridgehead atoms. The molecular weight excluding hydrogens is 294 g/mol. The van der Waals surface area contributed by atoms with Gasteiger partial charge in [-0.1, -0.05) is 27.7 Å². The van der Waals surface area contributed by atoms with E-state index in [2.05, 4.69) is 36.7 Å².